The fraction of sp³-hybridized carbons (Fsp3) is 0.600. The highest BCUT2D eigenvalue weighted by Crippen LogP contribution is 2.29. The van der Waals surface area contributed by atoms with Crippen molar-refractivity contribution in [3.8, 4) is 0 Å². The maximum Gasteiger partial charge on any atom is 0.251 e. The van der Waals surface area contributed by atoms with Gasteiger partial charge in [-0.1, -0.05) is 34.6 Å². The average molecular weight is 361 g/mol. The molecule has 0 saturated carbocycles. The Kier molecular flexibility index (Phi) is 7.03. The minimum absolute atomic E-state index is 0.0575. The van der Waals surface area contributed by atoms with E-state index in [4.69, 9.17) is 0 Å². The number of carbonyl (C=O) groups excluding carboxylic acids is 2. The summed E-state index contributed by atoms with van der Waals surface area (Å²) in [6.07, 6.45) is 0. The Morgan fingerprint density at radius 3 is 2.50 bits per heavy atom. The number of anilines is 2. The fourth-order valence-corrected chi connectivity index (χ4v) is 3.18. The van der Waals surface area contributed by atoms with Crippen LogP contribution in [0.2, 0.25) is 0 Å². The first-order chi connectivity index (χ1) is 12.3. The van der Waals surface area contributed by atoms with Gasteiger partial charge in [0.15, 0.2) is 0 Å². The number of fused-ring (bicyclic) bond motifs is 1. The first-order valence-electron chi connectivity index (χ1n) is 9.57. The van der Waals surface area contributed by atoms with Crippen LogP contribution in [0.15, 0.2) is 18.2 Å². The van der Waals surface area contributed by atoms with E-state index in [0.29, 0.717) is 23.7 Å². The molecule has 26 heavy (non-hydrogen) atoms. The van der Waals surface area contributed by atoms with Gasteiger partial charge in [-0.25, -0.2) is 0 Å². The van der Waals surface area contributed by atoms with Crippen LogP contribution in [-0.2, 0) is 4.79 Å². The molecule has 0 aromatic heterocycles. The smallest absolute Gasteiger partial charge is 0.251 e. The summed E-state index contributed by atoms with van der Waals surface area (Å²) in [5, 5.41) is 9.15. The Labute approximate surface area is 156 Å². The van der Waals surface area contributed by atoms with Gasteiger partial charge in [0.1, 0.15) is 6.04 Å². The third-order valence-corrected chi connectivity index (χ3v) is 4.88. The molecule has 3 N–H and O–H groups in total. The van der Waals surface area contributed by atoms with Crippen LogP contribution in [0.1, 0.15) is 45.0 Å². The van der Waals surface area contributed by atoms with Crippen LogP contribution in [0, 0.1) is 11.8 Å². The van der Waals surface area contributed by atoms with Crippen molar-refractivity contribution < 1.29 is 9.59 Å². The highest BCUT2D eigenvalue weighted by Gasteiger charge is 2.28. The summed E-state index contributed by atoms with van der Waals surface area (Å²) in [5.41, 5.74) is 2.08. The van der Waals surface area contributed by atoms with Gasteiger partial charge in [-0.3, -0.25) is 9.59 Å². The van der Waals surface area contributed by atoms with E-state index in [0.717, 1.165) is 25.3 Å². The summed E-state index contributed by atoms with van der Waals surface area (Å²) in [6, 6.07) is 5.15. The summed E-state index contributed by atoms with van der Waals surface area (Å²) in [6.45, 7) is 14.1. The molecule has 2 atom stereocenters. The second kappa shape index (κ2) is 9.03. The number of hydrogen-bond acceptors (Lipinski definition) is 4. The Morgan fingerprint density at radius 2 is 1.88 bits per heavy atom. The summed E-state index contributed by atoms with van der Waals surface area (Å²) in [4.78, 5) is 27.0. The number of nitrogens with zero attached hydrogens (tertiary/aromatic N) is 1. The molecule has 0 radical (unpaired) electrons. The molecular weight excluding hydrogens is 328 g/mol. The van der Waals surface area contributed by atoms with Gasteiger partial charge < -0.3 is 20.9 Å². The van der Waals surface area contributed by atoms with Gasteiger partial charge in [-0.15, -0.1) is 0 Å². The van der Waals surface area contributed by atoms with Crippen LogP contribution in [0.25, 0.3) is 0 Å². The summed E-state index contributed by atoms with van der Waals surface area (Å²) in [5.74, 6) is 0.403. The molecule has 2 unspecified atom stereocenters. The number of benzene rings is 1. The first kappa shape index (κ1) is 20.2. The van der Waals surface area contributed by atoms with E-state index in [1.807, 2.05) is 19.9 Å². The second-order valence-corrected chi connectivity index (χ2v) is 7.42. The van der Waals surface area contributed by atoms with Crippen LogP contribution in [0.3, 0.4) is 0 Å². The standard InChI is InChI=1S/C20H32N4O2/c1-6-24(7-2)12-14(5)11-21-19(25)15-8-9-16-17(10-15)23-20(26)18(22-16)13(3)4/h8-10,13-14,18,22H,6-7,11-12H2,1-5H3,(H,21,25)(H,23,26). The molecule has 0 spiro atoms. The zero-order chi connectivity index (χ0) is 19.3. The number of nitrogens with one attached hydrogen (secondary N) is 3. The normalized spacial score (nSPS) is 17.5. The average Bonchev–Trinajstić information content (AvgIpc) is 2.62. The lowest BCUT2D eigenvalue weighted by molar-refractivity contribution is -0.117. The molecule has 6 nitrogen and oxygen atoms in total. The number of carbonyl (C=O) groups is 2. The maximum absolute atomic E-state index is 12.5. The van der Waals surface area contributed by atoms with E-state index >= 15 is 0 Å². The molecule has 144 valence electrons. The molecule has 2 rings (SSSR count). The van der Waals surface area contributed by atoms with Crippen molar-refractivity contribution in [3.63, 3.8) is 0 Å². The lowest BCUT2D eigenvalue weighted by atomic mass is 9.99. The van der Waals surface area contributed by atoms with E-state index in [2.05, 4.69) is 41.6 Å². The Balaban J connectivity index is 1.97. The fourth-order valence-electron chi connectivity index (χ4n) is 3.18. The van der Waals surface area contributed by atoms with E-state index in [1.54, 1.807) is 12.1 Å². The number of rotatable bonds is 8. The van der Waals surface area contributed by atoms with E-state index in [9.17, 15) is 9.59 Å². The monoisotopic (exact) mass is 360 g/mol. The largest absolute Gasteiger partial charge is 0.372 e. The number of hydrogen-bond donors (Lipinski definition) is 3. The van der Waals surface area contributed by atoms with Crippen molar-refractivity contribution in [2.45, 2.75) is 40.7 Å². The first-order valence-corrected chi connectivity index (χ1v) is 9.57. The Bertz CT molecular complexity index is 641. The Morgan fingerprint density at radius 1 is 1.19 bits per heavy atom. The number of amides is 2. The molecule has 1 aliphatic rings. The lowest BCUT2D eigenvalue weighted by Gasteiger charge is -2.29. The van der Waals surface area contributed by atoms with Gasteiger partial charge in [-0.2, -0.15) is 0 Å². The van der Waals surface area contributed by atoms with Crippen molar-refractivity contribution in [2.24, 2.45) is 11.8 Å². The van der Waals surface area contributed by atoms with E-state index < -0.39 is 0 Å². The predicted octanol–water partition coefficient (Wildman–Crippen LogP) is 2.78. The lowest BCUT2D eigenvalue weighted by Crippen LogP contribution is -2.42. The molecule has 1 aliphatic heterocycles. The summed E-state index contributed by atoms with van der Waals surface area (Å²) >= 11 is 0. The highest BCUT2D eigenvalue weighted by molar-refractivity contribution is 6.05. The van der Waals surface area contributed by atoms with Crippen LogP contribution in [0.4, 0.5) is 11.4 Å². The van der Waals surface area contributed by atoms with Crippen LogP contribution in [-0.4, -0.2) is 48.9 Å². The molecule has 0 aliphatic carbocycles. The van der Waals surface area contributed by atoms with Crippen molar-refractivity contribution in [3.05, 3.63) is 23.8 Å². The Hall–Kier alpha value is -2.08. The zero-order valence-electron chi connectivity index (χ0n) is 16.6. The van der Waals surface area contributed by atoms with Gasteiger partial charge in [0.2, 0.25) is 5.91 Å². The maximum atomic E-state index is 12.5. The highest BCUT2D eigenvalue weighted by atomic mass is 16.2. The summed E-state index contributed by atoms with van der Waals surface area (Å²) in [7, 11) is 0. The molecule has 0 fully saturated rings. The molecule has 1 aromatic carbocycles. The van der Waals surface area contributed by atoms with Crippen molar-refractivity contribution in [1.82, 2.24) is 10.2 Å². The molecule has 1 aromatic rings. The third kappa shape index (κ3) is 4.97. The molecule has 0 saturated heterocycles. The second-order valence-electron chi connectivity index (χ2n) is 7.42. The molecule has 1 heterocycles. The van der Waals surface area contributed by atoms with Crippen LogP contribution in [0.5, 0.6) is 0 Å². The molecular formula is C20H32N4O2. The molecule has 2 amide bonds. The SMILES string of the molecule is CCN(CC)CC(C)CNC(=O)c1ccc2c(c1)NC(=O)C(C(C)C)N2. The minimum Gasteiger partial charge on any atom is -0.372 e. The molecule has 6 heteroatoms. The quantitative estimate of drug-likeness (QED) is 0.666. The van der Waals surface area contributed by atoms with E-state index in [1.165, 1.54) is 0 Å². The summed E-state index contributed by atoms with van der Waals surface area (Å²) < 4.78 is 0. The zero-order valence-corrected chi connectivity index (χ0v) is 16.6. The van der Waals surface area contributed by atoms with Crippen LogP contribution >= 0.6 is 0 Å². The van der Waals surface area contributed by atoms with Gasteiger partial charge in [0.05, 0.1) is 11.4 Å². The van der Waals surface area contributed by atoms with Crippen molar-refractivity contribution >= 4 is 23.2 Å². The van der Waals surface area contributed by atoms with Gasteiger partial charge in [0, 0.05) is 18.7 Å². The van der Waals surface area contributed by atoms with Crippen molar-refractivity contribution in [1.29, 1.82) is 0 Å². The van der Waals surface area contributed by atoms with E-state index in [-0.39, 0.29) is 23.8 Å². The third-order valence-electron chi connectivity index (χ3n) is 4.88. The molecule has 0 bridgehead atoms. The van der Waals surface area contributed by atoms with Crippen LogP contribution < -0.4 is 16.0 Å². The minimum atomic E-state index is -0.247. The van der Waals surface area contributed by atoms with Gasteiger partial charge in [-0.05, 0) is 43.1 Å². The topological polar surface area (TPSA) is 73.5 Å². The predicted molar refractivity (Wildman–Crippen MR) is 107 cm³/mol. The van der Waals surface area contributed by atoms with Gasteiger partial charge >= 0.3 is 0 Å². The van der Waals surface area contributed by atoms with Gasteiger partial charge in [0.25, 0.3) is 5.91 Å². The van der Waals surface area contributed by atoms with Crippen molar-refractivity contribution in [2.75, 3.05) is 36.8 Å².